The number of hydrogen-bond acceptors (Lipinski definition) is 5. The average molecular weight is 288 g/mol. The van der Waals surface area contributed by atoms with Crippen LogP contribution in [0.2, 0.25) is 0 Å². The zero-order chi connectivity index (χ0) is 15.2. The maximum absolute atomic E-state index is 11.6. The summed E-state index contributed by atoms with van der Waals surface area (Å²) in [6.07, 6.45) is 3.46. The van der Waals surface area contributed by atoms with Gasteiger partial charge in [0.2, 0.25) is 0 Å². The molecule has 0 saturated heterocycles. The molecule has 2 rings (SSSR count). The molecule has 0 radical (unpaired) electrons. The fourth-order valence-electron chi connectivity index (χ4n) is 2.10. The average Bonchev–Trinajstić information content (AvgIpc) is 2.99. The van der Waals surface area contributed by atoms with Gasteiger partial charge < -0.3 is 20.2 Å². The molecule has 0 saturated carbocycles. The van der Waals surface area contributed by atoms with Crippen LogP contribution in [0.4, 0.5) is 11.4 Å². The third kappa shape index (κ3) is 4.02. The van der Waals surface area contributed by atoms with Gasteiger partial charge in [0.15, 0.2) is 0 Å². The number of nitrogens with two attached hydrogens (primary N) is 1. The van der Waals surface area contributed by atoms with Gasteiger partial charge in [-0.05, 0) is 43.7 Å². The first kappa shape index (κ1) is 15.0. The minimum absolute atomic E-state index is 0.240. The Kier molecular flexibility index (Phi) is 4.87. The summed E-state index contributed by atoms with van der Waals surface area (Å²) in [7, 11) is 1.34. The topological polar surface area (TPSA) is 77.5 Å². The SMILES string of the molecule is COC(=O)c1cc(NC(C)CCc2ccco2)ccc1N. The molecule has 1 aromatic carbocycles. The molecular formula is C16H20N2O3. The molecule has 5 nitrogen and oxygen atoms in total. The van der Waals surface area contributed by atoms with E-state index in [-0.39, 0.29) is 6.04 Å². The first-order chi connectivity index (χ1) is 10.1. The van der Waals surface area contributed by atoms with E-state index in [4.69, 9.17) is 14.9 Å². The number of anilines is 2. The molecular weight excluding hydrogens is 268 g/mol. The van der Waals surface area contributed by atoms with Crippen LogP contribution < -0.4 is 11.1 Å². The summed E-state index contributed by atoms with van der Waals surface area (Å²) in [5, 5.41) is 3.35. The van der Waals surface area contributed by atoms with Crippen molar-refractivity contribution in [2.24, 2.45) is 0 Å². The molecule has 0 aliphatic carbocycles. The largest absolute Gasteiger partial charge is 0.469 e. The van der Waals surface area contributed by atoms with E-state index in [2.05, 4.69) is 12.2 Å². The smallest absolute Gasteiger partial charge is 0.340 e. The second kappa shape index (κ2) is 6.83. The highest BCUT2D eigenvalue weighted by atomic mass is 16.5. The second-order valence-electron chi connectivity index (χ2n) is 4.96. The Bertz CT molecular complexity index is 594. The van der Waals surface area contributed by atoms with Crippen molar-refractivity contribution in [2.75, 3.05) is 18.2 Å². The number of furan rings is 1. The predicted octanol–water partition coefficient (Wildman–Crippen LogP) is 3.08. The van der Waals surface area contributed by atoms with Crippen molar-refractivity contribution in [2.45, 2.75) is 25.8 Å². The van der Waals surface area contributed by atoms with E-state index in [9.17, 15) is 4.79 Å². The lowest BCUT2D eigenvalue weighted by Gasteiger charge is -2.16. The van der Waals surface area contributed by atoms with Crippen LogP contribution in [0.15, 0.2) is 41.0 Å². The highest BCUT2D eigenvalue weighted by molar-refractivity contribution is 5.96. The maximum Gasteiger partial charge on any atom is 0.340 e. The van der Waals surface area contributed by atoms with E-state index in [0.29, 0.717) is 11.3 Å². The number of hydrogen-bond donors (Lipinski definition) is 2. The summed E-state index contributed by atoms with van der Waals surface area (Å²) >= 11 is 0. The summed E-state index contributed by atoms with van der Waals surface area (Å²) in [5.74, 6) is 0.538. The maximum atomic E-state index is 11.6. The summed E-state index contributed by atoms with van der Waals surface area (Å²) < 4.78 is 10.0. The number of carbonyl (C=O) groups is 1. The zero-order valence-corrected chi connectivity index (χ0v) is 12.3. The molecule has 0 fully saturated rings. The third-order valence-electron chi connectivity index (χ3n) is 3.28. The number of rotatable bonds is 6. The number of aryl methyl sites for hydroxylation is 1. The Morgan fingerprint density at radius 2 is 2.24 bits per heavy atom. The van der Waals surface area contributed by atoms with Crippen LogP contribution in [-0.4, -0.2) is 19.1 Å². The van der Waals surface area contributed by atoms with Gasteiger partial charge in [-0.15, -0.1) is 0 Å². The summed E-state index contributed by atoms with van der Waals surface area (Å²) in [5.41, 5.74) is 7.41. The van der Waals surface area contributed by atoms with Crippen LogP contribution >= 0.6 is 0 Å². The molecule has 1 heterocycles. The molecule has 1 unspecified atom stereocenters. The van der Waals surface area contributed by atoms with Gasteiger partial charge in [0.1, 0.15) is 5.76 Å². The number of esters is 1. The number of nitrogen functional groups attached to an aromatic ring is 1. The molecule has 0 aliphatic heterocycles. The third-order valence-corrected chi connectivity index (χ3v) is 3.28. The van der Waals surface area contributed by atoms with E-state index in [1.54, 1.807) is 18.4 Å². The minimum atomic E-state index is -0.431. The monoisotopic (exact) mass is 288 g/mol. The molecule has 0 bridgehead atoms. The van der Waals surface area contributed by atoms with Gasteiger partial charge in [0, 0.05) is 23.8 Å². The number of nitrogens with one attached hydrogen (secondary N) is 1. The van der Waals surface area contributed by atoms with Crippen LogP contribution in [0.25, 0.3) is 0 Å². The Labute approximate surface area is 124 Å². The lowest BCUT2D eigenvalue weighted by atomic mass is 10.1. The van der Waals surface area contributed by atoms with Gasteiger partial charge in [0.25, 0.3) is 0 Å². The van der Waals surface area contributed by atoms with Crippen molar-refractivity contribution in [1.29, 1.82) is 0 Å². The Hall–Kier alpha value is -2.43. The summed E-state index contributed by atoms with van der Waals surface area (Å²) in [6.45, 7) is 2.08. The first-order valence-corrected chi connectivity index (χ1v) is 6.87. The van der Waals surface area contributed by atoms with Gasteiger partial charge in [-0.25, -0.2) is 4.79 Å². The van der Waals surface area contributed by atoms with E-state index in [1.807, 2.05) is 18.2 Å². The van der Waals surface area contributed by atoms with Gasteiger partial charge in [0.05, 0.1) is 18.9 Å². The van der Waals surface area contributed by atoms with Crippen molar-refractivity contribution in [3.8, 4) is 0 Å². The van der Waals surface area contributed by atoms with Crippen LogP contribution in [0.5, 0.6) is 0 Å². The minimum Gasteiger partial charge on any atom is -0.469 e. The van der Waals surface area contributed by atoms with E-state index < -0.39 is 5.97 Å². The van der Waals surface area contributed by atoms with Crippen LogP contribution in [0.1, 0.15) is 29.5 Å². The molecule has 5 heteroatoms. The Morgan fingerprint density at radius 3 is 2.90 bits per heavy atom. The fraction of sp³-hybridized carbons (Fsp3) is 0.312. The Balaban J connectivity index is 1.97. The van der Waals surface area contributed by atoms with Gasteiger partial charge >= 0.3 is 5.97 Å². The van der Waals surface area contributed by atoms with Gasteiger partial charge in [-0.1, -0.05) is 0 Å². The van der Waals surface area contributed by atoms with Crippen molar-refractivity contribution in [3.05, 3.63) is 47.9 Å². The molecule has 2 aromatic rings. The van der Waals surface area contributed by atoms with Crippen molar-refractivity contribution >= 4 is 17.3 Å². The van der Waals surface area contributed by atoms with Crippen LogP contribution in [-0.2, 0) is 11.2 Å². The second-order valence-corrected chi connectivity index (χ2v) is 4.96. The highest BCUT2D eigenvalue weighted by Gasteiger charge is 2.12. The molecule has 3 N–H and O–H groups in total. The molecule has 112 valence electrons. The lowest BCUT2D eigenvalue weighted by molar-refractivity contribution is 0.0602. The normalized spacial score (nSPS) is 11.9. The van der Waals surface area contributed by atoms with Crippen molar-refractivity contribution in [1.82, 2.24) is 0 Å². The molecule has 1 atom stereocenters. The molecule has 0 amide bonds. The fourth-order valence-corrected chi connectivity index (χ4v) is 2.10. The summed E-state index contributed by atoms with van der Waals surface area (Å²) in [6, 6.07) is 9.36. The van der Waals surface area contributed by atoms with E-state index >= 15 is 0 Å². The number of benzene rings is 1. The number of methoxy groups -OCH3 is 1. The van der Waals surface area contributed by atoms with Gasteiger partial charge in [-0.2, -0.15) is 0 Å². The van der Waals surface area contributed by atoms with Crippen LogP contribution in [0, 0.1) is 0 Å². The summed E-state index contributed by atoms with van der Waals surface area (Å²) in [4.78, 5) is 11.6. The van der Waals surface area contributed by atoms with E-state index in [0.717, 1.165) is 24.3 Å². The molecule has 0 spiro atoms. The Morgan fingerprint density at radius 1 is 1.43 bits per heavy atom. The van der Waals surface area contributed by atoms with Gasteiger partial charge in [-0.3, -0.25) is 0 Å². The molecule has 1 aromatic heterocycles. The van der Waals surface area contributed by atoms with Crippen LogP contribution in [0.3, 0.4) is 0 Å². The standard InChI is InChI=1S/C16H20N2O3/c1-11(5-7-13-4-3-9-21-13)18-12-6-8-15(17)14(10-12)16(19)20-2/h3-4,6,8-11,18H,5,7,17H2,1-2H3. The zero-order valence-electron chi connectivity index (χ0n) is 12.3. The lowest BCUT2D eigenvalue weighted by Crippen LogP contribution is -2.16. The number of ether oxygens (including phenoxy) is 1. The molecule has 21 heavy (non-hydrogen) atoms. The molecule has 0 aliphatic rings. The first-order valence-electron chi connectivity index (χ1n) is 6.87. The quantitative estimate of drug-likeness (QED) is 0.631. The van der Waals surface area contributed by atoms with Crippen molar-refractivity contribution in [3.63, 3.8) is 0 Å². The number of carbonyl (C=O) groups excluding carboxylic acids is 1. The predicted molar refractivity (Wildman–Crippen MR) is 82.3 cm³/mol. The van der Waals surface area contributed by atoms with E-state index in [1.165, 1.54) is 7.11 Å². The van der Waals surface area contributed by atoms with Crippen molar-refractivity contribution < 1.29 is 13.9 Å². The highest BCUT2D eigenvalue weighted by Crippen LogP contribution is 2.20.